The number of nitrogens with zero attached hydrogens (tertiary/aromatic N) is 3. The molecular weight excluding hydrogens is 413 g/mol. The van der Waals surface area contributed by atoms with Crippen molar-refractivity contribution in [3.05, 3.63) is 63.9 Å². The molecule has 0 aliphatic carbocycles. The Bertz CT molecular complexity index is 959. The van der Waals surface area contributed by atoms with Gasteiger partial charge in [0.2, 0.25) is 0 Å². The van der Waals surface area contributed by atoms with Gasteiger partial charge in [-0.05, 0) is 59.9 Å². The van der Waals surface area contributed by atoms with Gasteiger partial charge in [0.05, 0.1) is 5.52 Å². The lowest BCUT2D eigenvalue weighted by Crippen LogP contribution is -2.10. The zero-order valence-corrected chi connectivity index (χ0v) is 15.2. The smallest absolute Gasteiger partial charge is 0.166 e. The number of aromatic nitrogens is 2. The first-order valence-electron chi connectivity index (χ1n) is 7.33. The van der Waals surface area contributed by atoms with Crippen LogP contribution in [0.15, 0.2) is 65.3 Å². The molecule has 0 aliphatic heterocycles. The van der Waals surface area contributed by atoms with E-state index in [1.807, 2.05) is 48.5 Å². The number of rotatable bonds is 3. The number of hydrogen-bond acceptors (Lipinski definition) is 4. The summed E-state index contributed by atoms with van der Waals surface area (Å²) in [5, 5.41) is 0.845. The molecule has 0 fully saturated rings. The first-order valence-corrected chi connectivity index (χ1v) is 8.41. The lowest BCUT2D eigenvalue weighted by molar-refractivity contribution is 1.20. The van der Waals surface area contributed by atoms with Crippen LogP contribution in [-0.4, -0.2) is 15.8 Å². The molecule has 0 atom stereocenters. The third-order valence-corrected chi connectivity index (χ3v) is 3.95. The van der Waals surface area contributed by atoms with E-state index in [1.54, 1.807) is 13.0 Å². The molecule has 3 aromatic rings. The fraction of sp³-hybridized carbons (Fsp3) is 0.0556. The van der Waals surface area contributed by atoms with Crippen LogP contribution in [0.3, 0.4) is 0 Å². The number of benzene rings is 2. The molecule has 4 N–H and O–H groups in total. The summed E-state index contributed by atoms with van der Waals surface area (Å²) in [6.07, 6.45) is 1.61. The molecule has 0 unspecified atom stereocenters. The molecule has 1 heterocycles. The molecule has 0 amide bonds. The highest BCUT2D eigenvalue weighted by atomic mass is 127. The van der Waals surface area contributed by atoms with Crippen LogP contribution < -0.4 is 11.5 Å². The minimum atomic E-state index is 0.312. The number of aliphatic imine (C=N–C) groups is 1. The van der Waals surface area contributed by atoms with Gasteiger partial charge in [0.1, 0.15) is 5.84 Å². The summed E-state index contributed by atoms with van der Waals surface area (Å²) < 4.78 is 1.12. The standard InChI is InChI=1S/C18H16IN5/c1-11(20)9-16(21)23-18-14-7-2-3-8-15(14)22-17(24-18)12-5-4-6-13(19)10-12/h2-10H,20H2,1H3,(H2,21,22,23,24). The summed E-state index contributed by atoms with van der Waals surface area (Å²) in [5.74, 6) is 1.46. The molecule has 5 nitrogen and oxygen atoms in total. The Kier molecular flexibility index (Phi) is 4.75. The minimum absolute atomic E-state index is 0.312. The van der Waals surface area contributed by atoms with Crippen molar-refractivity contribution in [2.75, 3.05) is 0 Å². The fourth-order valence-electron chi connectivity index (χ4n) is 2.29. The van der Waals surface area contributed by atoms with Crippen LogP contribution in [0.1, 0.15) is 6.92 Å². The Morgan fingerprint density at radius 3 is 2.62 bits per heavy atom. The topological polar surface area (TPSA) is 90.2 Å². The number of halogens is 1. The average Bonchev–Trinajstić information content (AvgIpc) is 2.54. The van der Waals surface area contributed by atoms with Gasteiger partial charge >= 0.3 is 0 Å². The highest BCUT2D eigenvalue weighted by molar-refractivity contribution is 14.1. The van der Waals surface area contributed by atoms with Crippen molar-refractivity contribution in [2.45, 2.75) is 6.92 Å². The van der Waals surface area contributed by atoms with Crippen molar-refractivity contribution in [1.82, 2.24) is 9.97 Å². The van der Waals surface area contributed by atoms with E-state index in [0.29, 0.717) is 23.2 Å². The Balaban J connectivity index is 2.22. The third kappa shape index (κ3) is 3.70. The molecular formula is C18H16IN5. The zero-order chi connectivity index (χ0) is 17.1. The molecule has 24 heavy (non-hydrogen) atoms. The fourth-order valence-corrected chi connectivity index (χ4v) is 2.83. The van der Waals surface area contributed by atoms with Gasteiger partial charge in [-0.15, -0.1) is 0 Å². The van der Waals surface area contributed by atoms with Crippen LogP contribution in [0.25, 0.3) is 22.3 Å². The summed E-state index contributed by atoms with van der Waals surface area (Å²) in [7, 11) is 0. The maximum atomic E-state index is 5.94. The molecule has 0 aliphatic rings. The van der Waals surface area contributed by atoms with Gasteiger partial charge in [0.15, 0.2) is 11.6 Å². The predicted molar refractivity (Wildman–Crippen MR) is 107 cm³/mol. The molecule has 2 aromatic carbocycles. The molecule has 0 bridgehead atoms. The third-order valence-electron chi connectivity index (χ3n) is 3.28. The molecule has 0 spiro atoms. The van der Waals surface area contributed by atoms with Gasteiger partial charge in [-0.1, -0.05) is 24.3 Å². The van der Waals surface area contributed by atoms with E-state index >= 15 is 0 Å². The molecule has 0 radical (unpaired) electrons. The minimum Gasteiger partial charge on any atom is -0.402 e. The molecule has 0 saturated carbocycles. The Labute approximate surface area is 153 Å². The Hall–Kier alpha value is -2.48. The first kappa shape index (κ1) is 16.4. The normalized spacial score (nSPS) is 12.6. The highest BCUT2D eigenvalue weighted by Crippen LogP contribution is 2.27. The van der Waals surface area contributed by atoms with Gasteiger partial charge in [-0.3, -0.25) is 0 Å². The zero-order valence-electron chi connectivity index (χ0n) is 13.1. The summed E-state index contributed by atoms with van der Waals surface area (Å²) in [4.78, 5) is 13.7. The van der Waals surface area contributed by atoms with Gasteiger partial charge in [-0.25, -0.2) is 15.0 Å². The Morgan fingerprint density at radius 2 is 1.88 bits per heavy atom. The number of amidine groups is 1. The summed E-state index contributed by atoms with van der Waals surface area (Å²) in [6, 6.07) is 15.8. The molecule has 1 aromatic heterocycles. The van der Waals surface area contributed by atoms with Crippen molar-refractivity contribution < 1.29 is 0 Å². The lowest BCUT2D eigenvalue weighted by Gasteiger charge is -2.06. The number of para-hydroxylation sites is 1. The van der Waals surface area contributed by atoms with Crippen LogP contribution in [0.4, 0.5) is 5.82 Å². The molecule has 0 saturated heterocycles. The van der Waals surface area contributed by atoms with Crippen LogP contribution in [-0.2, 0) is 0 Å². The van der Waals surface area contributed by atoms with Crippen molar-refractivity contribution >= 4 is 45.1 Å². The number of nitrogens with two attached hydrogens (primary N) is 2. The van der Waals surface area contributed by atoms with E-state index in [1.165, 1.54) is 0 Å². The number of fused-ring (bicyclic) bond motifs is 1. The summed E-state index contributed by atoms with van der Waals surface area (Å²) in [6.45, 7) is 1.76. The van der Waals surface area contributed by atoms with Crippen molar-refractivity contribution in [3.63, 3.8) is 0 Å². The number of allylic oxidation sites excluding steroid dienone is 1. The summed E-state index contributed by atoms with van der Waals surface area (Å²) in [5.41, 5.74) is 14.0. The Morgan fingerprint density at radius 1 is 1.08 bits per heavy atom. The van der Waals surface area contributed by atoms with E-state index in [-0.39, 0.29) is 0 Å². The largest absolute Gasteiger partial charge is 0.402 e. The van der Waals surface area contributed by atoms with Crippen molar-refractivity contribution in [3.8, 4) is 11.4 Å². The highest BCUT2D eigenvalue weighted by Gasteiger charge is 2.09. The van der Waals surface area contributed by atoms with Crippen LogP contribution >= 0.6 is 22.6 Å². The van der Waals surface area contributed by atoms with Gasteiger partial charge < -0.3 is 11.5 Å². The molecule has 120 valence electrons. The summed E-state index contributed by atoms with van der Waals surface area (Å²) >= 11 is 2.27. The second-order valence-corrected chi connectivity index (χ2v) is 6.57. The van der Waals surface area contributed by atoms with E-state index in [0.717, 1.165) is 20.0 Å². The van der Waals surface area contributed by atoms with E-state index in [4.69, 9.17) is 11.5 Å². The van der Waals surface area contributed by atoms with Gasteiger partial charge in [0, 0.05) is 20.2 Å². The predicted octanol–water partition coefficient (Wildman–Crippen LogP) is 3.75. The SMILES string of the molecule is CC(N)=CC(N)=Nc1nc(-c2cccc(I)c2)nc2ccccc12. The number of hydrogen-bond donors (Lipinski definition) is 2. The molecule has 6 heteroatoms. The van der Waals surface area contributed by atoms with Crippen molar-refractivity contribution in [2.24, 2.45) is 16.5 Å². The quantitative estimate of drug-likeness (QED) is 0.377. The lowest BCUT2D eigenvalue weighted by atomic mass is 10.2. The second-order valence-electron chi connectivity index (χ2n) is 5.32. The van der Waals surface area contributed by atoms with Gasteiger partial charge in [0.25, 0.3) is 0 Å². The van der Waals surface area contributed by atoms with Crippen LogP contribution in [0.2, 0.25) is 0 Å². The molecule has 3 rings (SSSR count). The van der Waals surface area contributed by atoms with Crippen LogP contribution in [0.5, 0.6) is 0 Å². The average molecular weight is 429 g/mol. The second kappa shape index (κ2) is 6.96. The first-order chi connectivity index (χ1) is 11.5. The van der Waals surface area contributed by atoms with E-state index in [2.05, 4.69) is 37.6 Å². The van der Waals surface area contributed by atoms with Crippen molar-refractivity contribution in [1.29, 1.82) is 0 Å². The van der Waals surface area contributed by atoms with Crippen LogP contribution in [0, 0.1) is 3.57 Å². The monoisotopic (exact) mass is 429 g/mol. The van der Waals surface area contributed by atoms with Gasteiger partial charge in [-0.2, -0.15) is 0 Å². The maximum absolute atomic E-state index is 5.94. The maximum Gasteiger partial charge on any atom is 0.166 e. The van der Waals surface area contributed by atoms with E-state index in [9.17, 15) is 0 Å². The van der Waals surface area contributed by atoms with E-state index < -0.39 is 0 Å².